The Balaban J connectivity index is 1.79. The maximum absolute atomic E-state index is 12.1. The molecule has 23 heavy (non-hydrogen) atoms. The monoisotopic (exact) mass is 307 g/mol. The van der Waals surface area contributed by atoms with Gasteiger partial charge in [0.2, 0.25) is 0 Å². The molecule has 0 fully saturated rings. The van der Waals surface area contributed by atoms with E-state index in [1.165, 1.54) is 0 Å². The van der Waals surface area contributed by atoms with Gasteiger partial charge in [-0.25, -0.2) is 4.79 Å². The summed E-state index contributed by atoms with van der Waals surface area (Å²) in [6.07, 6.45) is -0.511. The highest BCUT2D eigenvalue weighted by molar-refractivity contribution is 6.02. The van der Waals surface area contributed by atoms with Crippen molar-refractivity contribution in [2.45, 2.75) is 6.61 Å². The average Bonchev–Trinajstić information content (AvgIpc) is 2.61. The number of hydrogen-bond acceptors (Lipinski definition) is 3. The number of nitrogens with one attached hydrogen (secondary N) is 1. The molecule has 0 saturated heterocycles. The number of methoxy groups -OCH3 is 1. The smallest absolute Gasteiger partial charge is 0.412 e. The summed E-state index contributed by atoms with van der Waals surface area (Å²) >= 11 is 0. The summed E-state index contributed by atoms with van der Waals surface area (Å²) in [5.74, 6) is 0.598. The summed E-state index contributed by atoms with van der Waals surface area (Å²) in [6, 6.07) is 21.1. The maximum atomic E-state index is 12.1. The predicted octanol–water partition coefficient (Wildman–Crippen LogP) is 4.60. The van der Waals surface area contributed by atoms with Crippen molar-refractivity contribution in [3.63, 3.8) is 0 Å². The molecule has 0 atom stereocenters. The van der Waals surface area contributed by atoms with Crippen LogP contribution in [0, 0.1) is 0 Å². The highest BCUT2D eigenvalue weighted by Crippen LogP contribution is 2.33. The fourth-order valence-electron chi connectivity index (χ4n) is 2.41. The van der Waals surface area contributed by atoms with Gasteiger partial charge in [0, 0.05) is 5.39 Å². The van der Waals surface area contributed by atoms with E-state index in [2.05, 4.69) is 5.32 Å². The van der Waals surface area contributed by atoms with E-state index < -0.39 is 6.09 Å². The Morgan fingerprint density at radius 3 is 2.48 bits per heavy atom. The molecule has 0 heterocycles. The molecule has 0 saturated carbocycles. The van der Waals surface area contributed by atoms with Gasteiger partial charge in [0.15, 0.2) is 0 Å². The second kappa shape index (κ2) is 6.83. The minimum Gasteiger partial charge on any atom is -0.495 e. The molecule has 3 aromatic rings. The second-order valence-electron chi connectivity index (χ2n) is 5.05. The lowest BCUT2D eigenvalue weighted by Crippen LogP contribution is -2.14. The number of fused-ring (bicyclic) bond motifs is 1. The molecule has 3 rings (SSSR count). The van der Waals surface area contributed by atoms with Gasteiger partial charge < -0.3 is 9.47 Å². The molecule has 0 aromatic heterocycles. The first-order valence-corrected chi connectivity index (χ1v) is 7.31. The molecule has 0 spiro atoms. The first kappa shape index (κ1) is 14.9. The number of anilines is 1. The van der Waals surface area contributed by atoms with E-state index in [0.717, 1.165) is 16.3 Å². The third kappa shape index (κ3) is 3.43. The molecule has 0 aliphatic rings. The Kier molecular flexibility index (Phi) is 4.43. The van der Waals surface area contributed by atoms with Crippen LogP contribution in [0.1, 0.15) is 5.56 Å². The molecule has 0 bridgehead atoms. The van der Waals surface area contributed by atoms with Crippen LogP contribution in [0.25, 0.3) is 10.8 Å². The van der Waals surface area contributed by atoms with Crippen molar-refractivity contribution in [2.75, 3.05) is 12.4 Å². The number of rotatable bonds is 4. The second-order valence-corrected chi connectivity index (χ2v) is 5.05. The molecule has 4 nitrogen and oxygen atoms in total. The molecule has 1 amide bonds. The Labute approximate surface area is 134 Å². The van der Waals surface area contributed by atoms with Crippen molar-refractivity contribution in [2.24, 2.45) is 0 Å². The van der Waals surface area contributed by atoms with Gasteiger partial charge in [-0.3, -0.25) is 5.32 Å². The molecule has 0 unspecified atom stereocenters. The van der Waals surface area contributed by atoms with Gasteiger partial charge in [-0.05, 0) is 17.0 Å². The summed E-state index contributed by atoms with van der Waals surface area (Å²) < 4.78 is 10.6. The molecule has 4 heteroatoms. The van der Waals surface area contributed by atoms with E-state index in [1.54, 1.807) is 7.11 Å². The summed E-state index contributed by atoms with van der Waals surface area (Å²) in [5.41, 5.74) is 1.55. The summed E-state index contributed by atoms with van der Waals surface area (Å²) in [6.45, 7) is 0.222. The molecule has 1 N–H and O–H groups in total. The standard InChI is InChI=1S/C19H17NO3/c1-22-17-12-11-15-9-5-6-10-16(15)18(17)20-19(21)23-13-14-7-3-2-4-8-14/h2-12H,13H2,1H3,(H,20,21). The highest BCUT2D eigenvalue weighted by Gasteiger charge is 2.12. The maximum Gasteiger partial charge on any atom is 0.412 e. The van der Waals surface area contributed by atoms with Gasteiger partial charge in [0.1, 0.15) is 12.4 Å². The van der Waals surface area contributed by atoms with E-state index >= 15 is 0 Å². The predicted molar refractivity (Wildman–Crippen MR) is 90.7 cm³/mol. The van der Waals surface area contributed by atoms with E-state index in [4.69, 9.17) is 9.47 Å². The van der Waals surface area contributed by atoms with Crippen molar-refractivity contribution in [3.05, 3.63) is 72.3 Å². The number of hydrogen-bond donors (Lipinski definition) is 1. The number of carbonyl (C=O) groups is 1. The van der Waals surface area contributed by atoms with Gasteiger partial charge >= 0.3 is 6.09 Å². The van der Waals surface area contributed by atoms with Gasteiger partial charge in [-0.2, -0.15) is 0 Å². The Hall–Kier alpha value is -3.01. The summed E-state index contributed by atoms with van der Waals surface area (Å²) in [7, 11) is 1.57. The Morgan fingerprint density at radius 2 is 1.70 bits per heavy atom. The number of ether oxygens (including phenoxy) is 2. The molecule has 116 valence electrons. The average molecular weight is 307 g/mol. The SMILES string of the molecule is COc1ccc2ccccc2c1NC(=O)OCc1ccccc1. The molecular weight excluding hydrogens is 290 g/mol. The molecule has 0 aliphatic heterocycles. The van der Waals surface area contributed by atoms with E-state index in [-0.39, 0.29) is 6.61 Å². The van der Waals surface area contributed by atoms with Crippen LogP contribution in [0.4, 0.5) is 10.5 Å². The quantitative estimate of drug-likeness (QED) is 0.766. The zero-order valence-electron chi connectivity index (χ0n) is 12.8. The lowest BCUT2D eigenvalue weighted by molar-refractivity contribution is 0.155. The number of carbonyl (C=O) groups excluding carboxylic acids is 1. The largest absolute Gasteiger partial charge is 0.495 e. The first-order valence-electron chi connectivity index (χ1n) is 7.31. The fraction of sp³-hybridized carbons (Fsp3) is 0.105. The normalized spacial score (nSPS) is 10.3. The van der Waals surface area contributed by atoms with Crippen molar-refractivity contribution < 1.29 is 14.3 Å². The van der Waals surface area contributed by atoms with Crippen LogP contribution >= 0.6 is 0 Å². The van der Waals surface area contributed by atoms with Gasteiger partial charge in [0.05, 0.1) is 12.8 Å². The van der Waals surface area contributed by atoms with Crippen molar-refractivity contribution in [1.82, 2.24) is 0 Å². The zero-order valence-corrected chi connectivity index (χ0v) is 12.8. The first-order chi connectivity index (χ1) is 11.3. The summed E-state index contributed by atoms with van der Waals surface area (Å²) in [5, 5.41) is 4.71. The molecule has 0 radical (unpaired) electrons. The van der Waals surface area contributed by atoms with E-state index in [0.29, 0.717) is 11.4 Å². The van der Waals surface area contributed by atoms with Gasteiger partial charge in [0.25, 0.3) is 0 Å². The van der Waals surface area contributed by atoms with Crippen LogP contribution in [0.5, 0.6) is 5.75 Å². The van der Waals surface area contributed by atoms with E-state index in [1.807, 2.05) is 66.7 Å². The van der Waals surface area contributed by atoms with Crippen LogP contribution in [-0.2, 0) is 11.3 Å². The Morgan fingerprint density at radius 1 is 0.957 bits per heavy atom. The zero-order chi connectivity index (χ0) is 16.1. The minimum absolute atomic E-state index is 0.222. The van der Waals surface area contributed by atoms with Crippen molar-refractivity contribution in [1.29, 1.82) is 0 Å². The lowest BCUT2D eigenvalue weighted by atomic mass is 10.1. The highest BCUT2D eigenvalue weighted by atomic mass is 16.5. The van der Waals surface area contributed by atoms with Crippen LogP contribution < -0.4 is 10.1 Å². The Bertz CT molecular complexity index is 815. The van der Waals surface area contributed by atoms with Crippen LogP contribution in [0.3, 0.4) is 0 Å². The van der Waals surface area contributed by atoms with Gasteiger partial charge in [-0.15, -0.1) is 0 Å². The lowest BCUT2D eigenvalue weighted by Gasteiger charge is -2.13. The third-order valence-corrected chi connectivity index (χ3v) is 3.55. The van der Waals surface area contributed by atoms with Crippen molar-refractivity contribution >= 4 is 22.6 Å². The van der Waals surface area contributed by atoms with Crippen LogP contribution in [0.15, 0.2) is 66.7 Å². The number of amides is 1. The van der Waals surface area contributed by atoms with Crippen LogP contribution in [0.2, 0.25) is 0 Å². The van der Waals surface area contributed by atoms with Gasteiger partial charge in [-0.1, -0.05) is 60.7 Å². The molecule has 0 aliphatic carbocycles. The van der Waals surface area contributed by atoms with Crippen molar-refractivity contribution in [3.8, 4) is 5.75 Å². The minimum atomic E-state index is -0.511. The van der Waals surface area contributed by atoms with E-state index in [9.17, 15) is 4.79 Å². The summed E-state index contributed by atoms with van der Waals surface area (Å²) in [4.78, 5) is 12.1. The topological polar surface area (TPSA) is 47.6 Å². The molecule has 3 aromatic carbocycles. The molecular formula is C19H17NO3. The van der Waals surface area contributed by atoms with Crippen LogP contribution in [-0.4, -0.2) is 13.2 Å². The number of benzene rings is 3. The third-order valence-electron chi connectivity index (χ3n) is 3.55. The fourth-order valence-corrected chi connectivity index (χ4v) is 2.41.